The lowest BCUT2D eigenvalue weighted by Gasteiger charge is -2.10. The molecule has 1 saturated carbocycles. The third-order valence-corrected chi connectivity index (χ3v) is 5.76. The number of hydrogen-bond donors (Lipinski definition) is 1. The molecule has 0 spiro atoms. The third kappa shape index (κ3) is 4.22. The van der Waals surface area contributed by atoms with Gasteiger partial charge in [0.05, 0.1) is 18.2 Å². The molecule has 0 saturated heterocycles. The Balaban J connectivity index is 1.37. The summed E-state index contributed by atoms with van der Waals surface area (Å²) >= 11 is 1.61. The van der Waals surface area contributed by atoms with Gasteiger partial charge in [-0.1, -0.05) is 6.07 Å². The number of rotatable bonds is 7. The molecule has 4 rings (SSSR count). The summed E-state index contributed by atoms with van der Waals surface area (Å²) in [6, 6.07) is 5.86. The molecule has 0 aromatic carbocycles. The van der Waals surface area contributed by atoms with E-state index < -0.39 is 0 Å². The lowest BCUT2D eigenvalue weighted by atomic mass is 10.2. The van der Waals surface area contributed by atoms with E-state index in [9.17, 15) is 4.79 Å². The molecule has 0 bridgehead atoms. The fourth-order valence-corrected chi connectivity index (χ4v) is 3.87. The van der Waals surface area contributed by atoms with E-state index in [1.165, 1.54) is 10.2 Å². The van der Waals surface area contributed by atoms with Crippen molar-refractivity contribution in [3.8, 4) is 5.88 Å². The smallest absolute Gasteiger partial charge is 0.290 e. The summed E-state index contributed by atoms with van der Waals surface area (Å²) in [4.78, 5) is 22.1. The van der Waals surface area contributed by atoms with Gasteiger partial charge in [0, 0.05) is 47.9 Å². The van der Waals surface area contributed by atoms with Crippen LogP contribution in [-0.4, -0.2) is 26.4 Å². The Morgan fingerprint density at radius 1 is 1.29 bits per heavy atom. The van der Waals surface area contributed by atoms with Gasteiger partial charge in [-0.3, -0.25) is 9.78 Å². The predicted octanol–water partition coefficient (Wildman–Crippen LogP) is 3.04. The van der Waals surface area contributed by atoms with Crippen LogP contribution in [0.3, 0.4) is 0 Å². The average Bonchev–Trinajstić information content (AvgIpc) is 3.34. The van der Waals surface area contributed by atoms with Gasteiger partial charge in [-0.25, -0.2) is 9.67 Å². The second-order valence-corrected chi connectivity index (χ2v) is 8.52. The van der Waals surface area contributed by atoms with Gasteiger partial charge in [-0.2, -0.15) is 0 Å². The van der Waals surface area contributed by atoms with Crippen LogP contribution in [0.1, 0.15) is 33.5 Å². The lowest BCUT2D eigenvalue weighted by Crippen LogP contribution is -2.24. The van der Waals surface area contributed by atoms with Crippen molar-refractivity contribution in [1.82, 2.24) is 19.7 Å². The van der Waals surface area contributed by atoms with E-state index in [0.29, 0.717) is 36.6 Å². The monoisotopic (exact) mass is 397 g/mol. The van der Waals surface area contributed by atoms with E-state index in [2.05, 4.69) is 32.5 Å². The van der Waals surface area contributed by atoms with E-state index in [1.54, 1.807) is 24.5 Å². The van der Waals surface area contributed by atoms with Crippen LogP contribution in [0, 0.1) is 19.8 Å². The van der Waals surface area contributed by atoms with Gasteiger partial charge >= 0.3 is 0 Å². The van der Waals surface area contributed by atoms with Crippen molar-refractivity contribution in [3.63, 3.8) is 0 Å². The zero-order chi connectivity index (χ0) is 19.7. The summed E-state index contributed by atoms with van der Waals surface area (Å²) in [5.74, 6) is 1.33. The van der Waals surface area contributed by atoms with Crippen molar-refractivity contribution in [1.29, 1.82) is 0 Å². The number of aryl methyl sites for hydroxylation is 3. The molecule has 3 heterocycles. The Hall–Kier alpha value is -2.74. The minimum absolute atomic E-state index is 0.179. The van der Waals surface area contributed by atoms with Crippen LogP contribution in [0.4, 0.5) is 5.69 Å². The molecule has 1 aliphatic rings. The molecule has 8 heteroatoms. The maximum atomic E-state index is 12.3. The van der Waals surface area contributed by atoms with E-state index in [0.717, 1.165) is 22.0 Å². The molecule has 3 aromatic rings. The summed E-state index contributed by atoms with van der Waals surface area (Å²) in [5, 5.41) is 8.40. The summed E-state index contributed by atoms with van der Waals surface area (Å²) < 4.78 is 7.20. The standard InChI is InChI=1S/C20H23N5O2S/c1-12-4-5-17(22-8-12)16-6-14(16)11-27-19-7-18(20(26)25(3)24-19)23-10-15-9-21-13(2)28-15/h4-5,7-9,14,16,23H,6,10-11H2,1-3H3. The van der Waals surface area contributed by atoms with Crippen molar-refractivity contribution >= 4 is 17.0 Å². The van der Waals surface area contributed by atoms with Crippen LogP contribution >= 0.6 is 11.3 Å². The fraction of sp³-hybridized carbons (Fsp3) is 0.400. The molecule has 1 N–H and O–H groups in total. The summed E-state index contributed by atoms with van der Waals surface area (Å²) in [5.41, 5.74) is 2.59. The number of ether oxygens (including phenoxy) is 1. The summed E-state index contributed by atoms with van der Waals surface area (Å²) in [6.07, 6.45) is 4.79. The molecule has 146 valence electrons. The average molecular weight is 398 g/mol. The third-order valence-electron chi connectivity index (χ3n) is 4.84. The zero-order valence-electron chi connectivity index (χ0n) is 16.2. The fourth-order valence-electron chi connectivity index (χ4n) is 3.13. The largest absolute Gasteiger partial charge is 0.476 e. The van der Waals surface area contributed by atoms with E-state index in [-0.39, 0.29) is 5.56 Å². The molecule has 7 nitrogen and oxygen atoms in total. The Morgan fingerprint density at radius 3 is 2.86 bits per heavy atom. The quantitative estimate of drug-likeness (QED) is 0.660. The van der Waals surface area contributed by atoms with Gasteiger partial charge in [-0.15, -0.1) is 16.4 Å². The first-order valence-electron chi connectivity index (χ1n) is 9.28. The molecule has 2 atom stereocenters. The number of thiazole rings is 1. The molecule has 1 fully saturated rings. The summed E-state index contributed by atoms with van der Waals surface area (Å²) in [6.45, 7) is 5.12. The molecule has 0 amide bonds. The Labute approximate surface area is 167 Å². The van der Waals surface area contributed by atoms with Crippen molar-refractivity contribution in [2.45, 2.75) is 32.7 Å². The molecular weight excluding hydrogens is 374 g/mol. The van der Waals surface area contributed by atoms with Crippen molar-refractivity contribution in [3.05, 3.63) is 62.1 Å². The van der Waals surface area contributed by atoms with Gasteiger partial charge in [0.25, 0.3) is 5.56 Å². The van der Waals surface area contributed by atoms with Crippen LogP contribution in [0.15, 0.2) is 35.4 Å². The molecule has 0 radical (unpaired) electrons. The first-order valence-corrected chi connectivity index (χ1v) is 10.1. The van der Waals surface area contributed by atoms with Gasteiger partial charge in [0.1, 0.15) is 5.69 Å². The van der Waals surface area contributed by atoms with Crippen molar-refractivity contribution in [2.75, 3.05) is 11.9 Å². The SMILES string of the molecule is Cc1ccc(C2CC2COc2cc(NCc3cnc(C)s3)c(=O)n(C)n2)nc1. The van der Waals surface area contributed by atoms with Gasteiger partial charge in [0.15, 0.2) is 0 Å². The molecule has 1 aliphatic carbocycles. The zero-order valence-corrected chi connectivity index (χ0v) is 17.0. The minimum atomic E-state index is -0.179. The number of anilines is 1. The first kappa shape index (κ1) is 18.6. The maximum Gasteiger partial charge on any atom is 0.290 e. The second kappa shape index (κ2) is 7.71. The number of hydrogen-bond acceptors (Lipinski definition) is 7. The van der Waals surface area contributed by atoms with Gasteiger partial charge < -0.3 is 10.1 Å². The molecule has 3 aromatic heterocycles. The summed E-state index contributed by atoms with van der Waals surface area (Å²) in [7, 11) is 1.63. The highest BCUT2D eigenvalue weighted by Gasteiger charge is 2.40. The number of aromatic nitrogens is 4. The van der Waals surface area contributed by atoms with Gasteiger partial charge in [-0.05, 0) is 31.9 Å². The maximum absolute atomic E-state index is 12.3. The van der Waals surface area contributed by atoms with Gasteiger partial charge in [0.2, 0.25) is 5.88 Å². The second-order valence-electron chi connectivity index (χ2n) is 7.20. The number of nitrogens with one attached hydrogen (secondary N) is 1. The van der Waals surface area contributed by atoms with Crippen LogP contribution in [-0.2, 0) is 13.6 Å². The van der Waals surface area contributed by atoms with Crippen molar-refractivity contribution in [2.24, 2.45) is 13.0 Å². The van der Waals surface area contributed by atoms with Crippen LogP contribution in [0.2, 0.25) is 0 Å². The number of pyridine rings is 1. The van der Waals surface area contributed by atoms with E-state index >= 15 is 0 Å². The van der Waals surface area contributed by atoms with Crippen LogP contribution < -0.4 is 15.6 Å². The Morgan fingerprint density at radius 2 is 2.14 bits per heavy atom. The highest BCUT2D eigenvalue weighted by atomic mass is 32.1. The molecule has 28 heavy (non-hydrogen) atoms. The van der Waals surface area contributed by atoms with E-state index in [1.807, 2.05) is 26.2 Å². The van der Waals surface area contributed by atoms with E-state index in [4.69, 9.17) is 4.74 Å². The Bertz CT molecular complexity index is 1030. The van der Waals surface area contributed by atoms with Crippen molar-refractivity contribution < 1.29 is 4.74 Å². The first-order chi connectivity index (χ1) is 13.5. The number of nitrogens with zero attached hydrogens (tertiary/aromatic N) is 4. The molecule has 2 unspecified atom stereocenters. The highest BCUT2D eigenvalue weighted by Crippen LogP contribution is 2.46. The topological polar surface area (TPSA) is 81.9 Å². The normalized spacial score (nSPS) is 18.1. The minimum Gasteiger partial charge on any atom is -0.476 e. The lowest BCUT2D eigenvalue weighted by molar-refractivity contribution is 0.278. The van der Waals surface area contributed by atoms with Crippen LogP contribution in [0.25, 0.3) is 0 Å². The Kier molecular flexibility index (Phi) is 5.13. The highest BCUT2D eigenvalue weighted by molar-refractivity contribution is 7.11. The van der Waals surface area contributed by atoms with Crippen LogP contribution in [0.5, 0.6) is 5.88 Å². The predicted molar refractivity (Wildman–Crippen MR) is 109 cm³/mol. The molecular formula is C20H23N5O2S. The molecule has 0 aliphatic heterocycles.